The molecule has 1 aromatic carbocycles. The Morgan fingerprint density at radius 2 is 2.00 bits per heavy atom. The summed E-state index contributed by atoms with van der Waals surface area (Å²) in [5.41, 5.74) is 6.95. The summed E-state index contributed by atoms with van der Waals surface area (Å²) in [6.45, 7) is 1.95. The zero-order valence-corrected chi connectivity index (χ0v) is 12.9. The van der Waals surface area contributed by atoms with Gasteiger partial charge in [0.05, 0.1) is 20.3 Å². The molecule has 1 aromatic rings. The van der Waals surface area contributed by atoms with Gasteiger partial charge >= 0.3 is 0 Å². The minimum absolute atomic E-state index is 0.00307. The van der Waals surface area contributed by atoms with Crippen molar-refractivity contribution < 1.29 is 14.3 Å². The Labute approximate surface area is 125 Å². The predicted octanol–water partition coefficient (Wildman–Crippen LogP) is 2.01. The SMILES string of the molecule is COc1ccc(C(C)NC(=O)CC(N)C2CC2)cc1OC. The lowest BCUT2D eigenvalue weighted by Crippen LogP contribution is -2.34. The average Bonchev–Trinajstić information content (AvgIpc) is 3.30. The number of amides is 1. The number of ether oxygens (including phenoxy) is 2. The first-order chi connectivity index (χ1) is 10.0. The van der Waals surface area contributed by atoms with Gasteiger partial charge in [-0.1, -0.05) is 6.07 Å². The summed E-state index contributed by atoms with van der Waals surface area (Å²) >= 11 is 0. The summed E-state index contributed by atoms with van der Waals surface area (Å²) in [5, 5.41) is 2.98. The molecule has 0 bridgehead atoms. The van der Waals surface area contributed by atoms with Crippen LogP contribution in [0.4, 0.5) is 0 Å². The maximum absolute atomic E-state index is 12.0. The van der Waals surface area contributed by atoms with Gasteiger partial charge in [0.15, 0.2) is 11.5 Å². The van der Waals surface area contributed by atoms with Crippen molar-refractivity contribution in [3.63, 3.8) is 0 Å². The van der Waals surface area contributed by atoms with E-state index in [4.69, 9.17) is 15.2 Å². The molecule has 116 valence electrons. The van der Waals surface area contributed by atoms with E-state index in [1.165, 1.54) is 0 Å². The molecule has 2 atom stereocenters. The molecule has 2 unspecified atom stereocenters. The quantitative estimate of drug-likeness (QED) is 0.806. The topological polar surface area (TPSA) is 73.6 Å². The number of carbonyl (C=O) groups is 1. The standard InChI is InChI=1S/C16H24N2O3/c1-10(18-16(19)9-13(17)11-4-5-11)12-6-7-14(20-2)15(8-12)21-3/h6-8,10-11,13H,4-5,9,17H2,1-3H3,(H,18,19). The van der Waals surface area contributed by atoms with Gasteiger partial charge in [0, 0.05) is 12.5 Å². The number of rotatable bonds is 7. The van der Waals surface area contributed by atoms with Gasteiger partial charge in [-0.25, -0.2) is 0 Å². The second kappa shape index (κ2) is 6.80. The maximum atomic E-state index is 12.0. The minimum atomic E-state index is -0.0938. The number of benzene rings is 1. The molecule has 1 fully saturated rings. The van der Waals surface area contributed by atoms with Gasteiger partial charge in [0.1, 0.15) is 0 Å². The van der Waals surface area contributed by atoms with Gasteiger partial charge in [-0.2, -0.15) is 0 Å². The summed E-state index contributed by atoms with van der Waals surface area (Å²) in [7, 11) is 3.20. The highest BCUT2D eigenvalue weighted by Gasteiger charge is 2.30. The van der Waals surface area contributed by atoms with Crippen molar-refractivity contribution in [2.24, 2.45) is 11.7 Å². The first kappa shape index (κ1) is 15.6. The van der Waals surface area contributed by atoms with Crippen LogP contribution in [0.3, 0.4) is 0 Å². The summed E-state index contributed by atoms with van der Waals surface area (Å²) in [6.07, 6.45) is 2.70. The van der Waals surface area contributed by atoms with Crippen molar-refractivity contribution >= 4 is 5.91 Å². The Balaban J connectivity index is 1.95. The van der Waals surface area contributed by atoms with E-state index in [9.17, 15) is 4.79 Å². The van der Waals surface area contributed by atoms with E-state index in [0.717, 1.165) is 18.4 Å². The predicted molar refractivity (Wildman–Crippen MR) is 81.4 cm³/mol. The monoisotopic (exact) mass is 292 g/mol. The molecule has 0 radical (unpaired) electrons. The fourth-order valence-corrected chi connectivity index (χ4v) is 2.41. The van der Waals surface area contributed by atoms with Crippen LogP contribution in [-0.2, 0) is 4.79 Å². The molecule has 3 N–H and O–H groups in total. The molecule has 1 aliphatic rings. The van der Waals surface area contributed by atoms with Gasteiger partial charge in [-0.3, -0.25) is 4.79 Å². The number of carbonyl (C=O) groups excluding carboxylic acids is 1. The smallest absolute Gasteiger partial charge is 0.222 e. The van der Waals surface area contributed by atoms with E-state index in [1.54, 1.807) is 14.2 Å². The highest BCUT2D eigenvalue weighted by molar-refractivity contribution is 5.77. The summed E-state index contributed by atoms with van der Waals surface area (Å²) in [5.74, 6) is 1.87. The zero-order valence-electron chi connectivity index (χ0n) is 12.9. The third-order valence-corrected chi connectivity index (χ3v) is 3.93. The van der Waals surface area contributed by atoms with Gasteiger partial charge in [0.2, 0.25) is 5.91 Å². The van der Waals surface area contributed by atoms with Crippen LogP contribution in [0.5, 0.6) is 11.5 Å². The van der Waals surface area contributed by atoms with Crippen molar-refractivity contribution in [1.82, 2.24) is 5.32 Å². The van der Waals surface area contributed by atoms with Crippen LogP contribution in [-0.4, -0.2) is 26.2 Å². The molecule has 2 rings (SSSR count). The largest absolute Gasteiger partial charge is 0.493 e. The summed E-state index contributed by atoms with van der Waals surface area (Å²) in [4.78, 5) is 12.0. The highest BCUT2D eigenvalue weighted by atomic mass is 16.5. The number of nitrogens with two attached hydrogens (primary N) is 1. The first-order valence-corrected chi connectivity index (χ1v) is 7.32. The number of hydrogen-bond acceptors (Lipinski definition) is 4. The molecule has 5 heteroatoms. The molecule has 21 heavy (non-hydrogen) atoms. The minimum Gasteiger partial charge on any atom is -0.493 e. The number of hydrogen-bond donors (Lipinski definition) is 2. The summed E-state index contributed by atoms with van der Waals surface area (Å²) < 4.78 is 10.5. The molecule has 0 spiro atoms. The Morgan fingerprint density at radius 1 is 1.33 bits per heavy atom. The molecule has 1 aliphatic carbocycles. The molecule has 1 saturated carbocycles. The fourth-order valence-electron chi connectivity index (χ4n) is 2.41. The molecule has 1 amide bonds. The van der Waals surface area contributed by atoms with E-state index in [2.05, 4.69) is 5.32 Å². The van der Waals surface area contributed by atoms with Gasteiger partial charge in [0.25, 0.3) is 0 Å². The van der Waals surface area contributed by atoms with Crippen molar-refractivity contribution in [1.29, 1.82) is 0 Å². The van der Waals surface area contributed by atoms with Gasteiger partial charge in [-0.05, 0) is 43.4 Å². The molecular formula is C16H24N2O3. The van der Waals surface area contributed by atoms with E-state index in [0.29, 0.717) is 23.8 Å². The Bertz CT molecular complexity index is 500. The second-order valence-electron chi connectivity index (χ2n) is 5.61. The molecule has 5 nitrogen and oxygen atoms in total. The third-order valence-electron chi connectivity index (χ3n) is 3.93. The lowest BCUT2D eigenvalue weighted by molar-refractivity contribution is -0.122. The highest BCUT2D eigenvalue weighted by Crippen LogP contribution is 2.33. The van der Waals surface area contributed by atoms with Gasteiger partial charge in [-0.15, -0.1) is 0 Å². The van der Waals surface area contributed by atoms with Crippen molar-refractivity contribution in [2.45, 2.75) is 38.3 Å². The van der Waals surface area contributed by atoms with Crippen LogP contribution >= 0.6 is 0 Å². The normalized spacial score (nSPS) is 17.0. The van der Waals surface area contributed by atoms with Crippen LogP contribution in [0.15, 0.2) is 18.2 Å². The molecule has 0 heterocycles. The Morgan fingerprint density at radius 3 is 2.57 bits per heavy atom. The van der Waals surface area contributed by atoms with E-state index in [-0.39, 0.29) is 18.0 Å². The molecular weight excluding hydrogens is 268 g/mol. The number of methoxy groups -OCH3 is 2. The molecule has 0 aromatic heterocycles. The second-order valence-corrected chi connectivity index (χ2v) is 5.61. The van der Waals surface area contributed by atoms with Crippen molar-refractivity contribution in [2.75, 3.05) is 14.2 Å². The fraction of sp³-hybridized carbons (Fsp3) is 0.562. The zero-order chi connectivity index (χ0) is 15.4. The van der Waals surface area contributed by atoms with E-state index < -0.39 is 0 Å². The molecule has 0 aliphatic heterocycles. The Kier molecular flexibility index (Phi) is 5.07. The van der Waals surface area contributed by atoms with Crippen LogP contribution in [0, 0.1) is 5.92 Å². The maximum Gasteiger partial charge on any atom is 0.222 e. The van der Waals surface area contributed by atoms with Crippen LogP contribution in [0.2, 0.25) is 0 Å². The third kappa shape index (κ3) is 4.11. The lowest BCUT2D eigenvalue weighted by Gasteiger charge is -2.18. The number of nitrogens with one attached hydrogen (secondary N) is 1. The summed E-state index contributed by atoms with van der Waals surface area (Å²) in [6, 6.07) is 5.54. The Hall–Kier alpha value is -1.75. The lowest BCUT2D eigenvalue weighted by atomic mass is 10.1. The van der Waals surface area contributed by atoms with Crippen LogP contribution in [0.25, 0.3) is 0 Å². The van der Waals surface area contributed by atoms with E-state index in [1.807, 2.05) is 25.1 Å². The first-order valence-electron chi connectivity index (χ1n) is 7.32. The van der Waals surface area contributed by atoms with Gasteiger partial charge < -0.3 is 20.5 Å². The van der Waals surface area contributed by atoms with Crippen LogP contribution < -0.4 is 20.5 Å². The molecule has 0 saturated heterocycles. The van der Waals surface area contributed by atoms with Crippen molar-refractivity contribution in [3.8, 4) is 11.5 Å². The average molecular weight is 292 g/mol. The van der Waals surface area contributed by atoms with Crippen LogP contribution in [0.1, 0.15) is 37.8 Å². The van der Waals surface area contributed by atoms with Crippen molar-refractivity contribution in [3.05, 3.63) is 23.8 Å². The van der Waals surface area contributed by atoms with E-state index >= 15 is 0 Å².